The summed E-state index contributed by atoms with van der Waals surface area (Å²) < 4.78 is 3.24. The SMILES string of the molecule is Cn1c(=O)[nH]c(=O)c2c1nc(N1CCCC1)n2Cc1ccccc1Cl. The number of hydrogen-bond donors (Lipinski definition) is 1. The Morgan fingerprint density at radius 2 is 1.92 bits per heavy atom. The summed E-state index contributed by atoms with van der Waals surface area (Å²) in [5, 5.41) is 0.637. The standard InChI is InChI=1S/C17H18ClN5O2/c1-21-14-13(15(24)20-17(21)25)23(10-11-6-2-3-7-12(11)18)16(19-14)22-8-4-5-9-22/h2-3,6-7H,4-5,8-10H2,1H3,(H,20,24,25). The van der Waals surface area contributed by atoms with Gasteiger partial charge in [0.25, 0.3) is 5.56 Å². The number of aryl methyl sites for hydroxylation is 1. The number of hydrogen-bond acceptors (Lipinski definition) is 4. The lowest BCUT2D eigenvalue weighted by Crippen LogP contribution is -2.29. The Hall–Kier alpha value is -2.54. The van der Waals surface area contributed by atoms with Crippen molar-refractivity contribution in [1.82, 2.24) is 19.1 Å². The first-order chi connectivity index (χ1) is 12.1. The van der Waals surface area contributed by atoms with Crippen LogP contribution in [0.5, 0.6) is 0 Å². The molecule has 130 valence electrons. The summed E-state index contributed by atoms with van der Waals surface area (Å²) in [5.74, 6) is 0.708. The number of rotatable bonds is 3. The van der Waals surface area contributed by atoms with Crippen molar-refractivity contribution in [2.45, 2.75) is 19.4 Å². The zero-order valence-electron chi connectivity index (χ0n) is 13.8. The van der Waals surface area contributed by atoms with E-state index >= 15 is 0 Å². The maximum atomic E-state index is 12.5. The predicted octanol–water partition coefficient (Wildman–Crippen LogP) is 1.73. The first-order valence-corrected chi connectivity index (χ1v) is 8.62. The molecule has 0 unspecified atom stereocenters. The number of nitrogens with one attached hydrogen (secondary N) is 1. The monoisotopic (exact) mass is 359 g/mol. The molecule has 0 radical (unpaired) electrons. The fourth-order valence-corrected chi connectivity index (χ4v) is 3.52. The third-order valence-electron chi connectivity index (χ3n) is 4.66. The molecule has 0 amide bonds. The van der Waals surface area contributed by atoms with Crippen LogP contribution >= 0.6 is 11.6 Å². The van der Waals surface area contributed by atoms with Crippen LogP contribution in [-0.4, -0.2) is 32.2 Å². The topological polar surface area (TPSA) is 75.9 Å². The minimum Gasteiger partial charge on any atom is -0.342 e. The molecule has 1 saturated heterocycles. The van der Waals surface area contributed by atoms with Crippen molar-refractivity contribution in [3.63, 3.8) is 0 Å². The van der Waals surface area contributed by atoms with Crippen molar-refractivity contribution in [3.8, 4) is 0 Å². The van der Waals surface area contributed by atoms with E-state index in [0.29, 0.717) is 28.7 Å². The van der Waals surface area contributed by atoms with Crippen molar-refractivity contribution < 1.29 is 0 Å². The Balaban J connectivity index is 1.98. The average molecular weight is 360 g/mol. The summed E-state index contributed by atoms with van der Waals surface area (Å²) in [5.41, 5.74) is 0.791. The van der Waals surface area contributed by atoms with E-state index in [-0.39, 0.29) is 0 Å². The van der Waals surface area contributed by atoms with Crippen molar-refractivity contribution >= 4 is 28.7 Å². The first-order valence-electron chi connectivity index (χ1n) is 8.24. The lowest BCUT2D eigenvalue weighted by atomic mass is 10.2. The van der Waals surface area contributed by atoms with Crippen molar-refractivity contribution in [3.05, 3.63) is 55.7 Å². The van der Waals surface area contributed by atoms with Gasteiger partial charge in [0, 0.05) is 25.2 Å². The molecule has 7 nitrogen and oxygen atoms in total. The highest BCUT2D eigenvalue weighted by Crippen LogP contribution is 2.26. The molecule has 3 heterocycles. The molecule has 1 aliphatic rings. The molecule has 2 aromatic heterocycles. The number of H-pyrrole nitrogens is 1. The van der Waals surface area contributed by atoms with E-state index in [1.165, 1.54) is 4.57 Å². The zero-order chi connectivity index (χ0) is 17.6. The molecular formula is C17H18ClN5O2. The predicted molar refractivity (Wildman–Crippen MR) is 97.6 cm³/mol. The zero-order valence-corrected chi connectivity index (χ0v) is 14.6. The number of benzene rings is 1. The fourth-order valence-electron chi connectivity index (χ4n) is 3.33. The van der Waals surface area contributed by atoms with Gasteiger partial charge in [-0.2, -0.15) is 4.98 Å². The fraction of sp³-hybridized carbons (Fsp3) is 0.353. The highest BCUT2D eigenvalue weighted by atomic mass is 35.5. The number of anilines is 1. The van der Waals surface area contributed by atoms with E-state index < -0.39 is 11.2 Å². The largest absolute Gasteiger partial charge is 0.342 e. The van der Waals surface area contributed by atoms with Crippen molar-refractivity contribution in [2.75, 3.05) is 18.0 Å². The van der Waals surface area contributed by atoms with E-state index in [0.717, 1.165) is 31.5 Å². The highest BCUT2D eigenvalue weighted by molar-refractivity contribution is 6.31. The van der Waals surface area contributed by atoms with Gasteiger partial charge < -0.3 is 4.90 Å². The second kappa shape index (κ2) is 6.07. The maximum Gasteiger partial charge on any atom is 0.329 e. The van der Waals surface area contributed by atoms with Gasteiger partial charge in [0.05, 0.1) is 6.54 Å². The van der Waals surface area contributed by atoms with E-state index in [1.807, 2.05) is 28.8 Å². The van der Waals surface area contributed by atoms with Crippen molar-refractivity contribution in [1.29, 1.82) is 0 Å². The highest BCUT2D eigenvalue weighted by Gasteiger charge is 2.23. The Kier molecular flexibility index (Phi) is 3.88. The van der Waals surface area contributed by atoms with Gasteiger partial charge in [-0.05, 0) is 24.5 Å². The summed E-state index contributed by atoms with van der Waals surface area (Å²) in [6, 6.07) is 7.54. The van der Waals surface area contributed by atoms with Crippen LogP contribution in [0, 0.1) is 0 Å². The number of halogens is 1. The molecular weight excluding hydrogens is 342 g/mol. The Labute approximate surface area is 148 Å². The normalized spacial score (nSPS) is 14.6. The molecule has 0 bridgehead atoms. The number of aromatic amines is 1. The minimum atomic E-state index is -0.465. The van der Waals surface area contributed by atoms with Crippen LogP contribution in [0.1, 0.15) is 18.4 Å². The lowest BCUT2D eigenvalue weighted by molar-refractivity contribution is 0.772. The average Bonchev–Trinajstić information content (AvgIpc) is 3.22. The van der Waals surface area contributed by atoms with Crippen LogP contribution in [0.2, 0.25) is 5.02 Å². The Morgan fingerprint density at radius 3 is 2.64 bits per heavy atom. The van der Waals surface area contributed by atoms with Gasteiger partial charge >= 0.3 is 5.69 Å². The van der Waals surface area contributed by atoms with Gasteiger partial charge in [-0.15, -0.1) is 0 Å². The summed E-state index contributed by atoms with van der Waals surface area (Å²) in [6.45, 7) is 2.19. The lowest BCUT2D eigenvalue weighted by Gasteiger charge is -2.18. The van der Waals surface area contributed by atoms with Gasteiger partial charge in [-0.3, -0.25) is 18.9 Å². The smallest absolute Gasteiger partial charge is 0.329 e. The van der Waals surface area contributed by atoms with E-state index in [4.69, 9.17) is 11.6 Å². The van der Waals surface area contributed by atoms with Gasteiger partial charge in [-0.25, -0.2) is 4.79 Å². The van der Waals surface area contributed by atoms with E-state index in [9.17, 15) is 9.59 Å². The van der Waals surface area contributed by atoms with Crippen LogP contribution in [0.4, 0.5) is 5.95 Å². The molecule has 1 aliphatic heterocycles. The van der Waals surface area contributed by atoms with Gasteiger partial charge in [0.15, 0.2) is 11.2 Å². The molecule has 4 rings (SSSR count). The second-order valence-electron chi connectivity index (χ2n) is 6.27. The van der Waals surface area contributed by atoms with Crippen LogP contribution < -0.4 is 16.1 Å². The second-order valence-corrected chi connectivity index (χ2v) is 6.68. The maximum absolute atomic E-state index is 12.5. The molecule has 0 spiro atoms. The molecule has 8 heteroatoms. The van der Waals surface area contributed by atoms with Gasteiger partial charge in [0.1, 0.15) is 0 Å². The van der Waals surface area contributed by atoms with Crippen LogP contribution in [0.25, 0.3) is 11.2 Å². The van der Waals surface area contributed by atoms with Gasteiger partial charge in [0.2, 0.25) is 5.95 Å². The molecule has 1 aromatic carbocycles. The molecule has 1 N–H and O–H groups in total. The molecule has 25 heavy (non-hydrogen) atoms. The molecule has 0 aliphatic carbocycles. The number of aromatic nitrogens is 4. The molecule has 0 saturated carbocycles. The van der Waals surface area contributed by atoms with Gasteiger partial charge in [-0.1, -0.05) is 29.8 Å². The summed E-state index contributed by atoms with van der Waals surface area (Å²) in [4.78, 5) is 33.6. The van der Waals surface area contributed by atoms with E-state index in [2.05, 4.69) is 14.9 Å². The summed E-state index contributed by atoms with van der Waals surface area (Å²) in [7, 11) is 1.61. The Morgan fingerprint density at radius 1 is 1.20 bits per heavy atom. The first kappa shape index (κ1) is 16.0. The van der Waals surface area contributed by atoms with Crippen LogP contribution in [0.15, 0.2) is 33.9 Å². The minimum absolute atomic E-state index is 0.391. The summed E-state index contributed by atoms with van der Waals surface area (Å²) in [6.07, 6.45) is 2.18. The number of imidazole rings is 1. The Bertz CT molecular complexity index is 1060. The molecule has 0 atom stereocenters. The third-order valence-corrected chi connectivity index (χ3v) is 5.03. The molecule has 1 fully saturated rings. The van der Waals surface area contributed by atoms with Crippen molar-refractivity contribution in [2.24, 2.45) is 7.05 Å². The van der Waals surface area contributed by atoms with Crippen LogP contribution in [-0.2, 0) is 13.6 Å². The van der Waals surface area contributed by atoms with Crippen LogP contribution in [0.3, 0.4) is 0 Å². The number of fused-ring (bicyclic) bond motifs is 1. The summed E-state index contributed by atoms with van der Waals surface area (Å²) >= 11 is 6.31. The third kappa shape index (κ3) is 2.64. The molecule has 3 aromatic rings. The van der Waals surface area contributed by atoms with E-state index in [1.54, 1.807) is 7.05 Å². The quantitative estimate of drug-likeness (QED) is 0.772. The number of nitrogens with zero attached hydrogens (tertiary/aromatic N) is 4.